The molecule has 0 fully saturated rings. The number of amides is 4. The van der Waals surface area contributed by atoms with Crippen LogP contribution in [0.15, 0.2) is 208 Å². The second-order valence-corrected chi connectivity index (χ2v) is 21.9. The highest BCUT2D eigenvalue weighted by Crippen LogP contribution is 2.28. The van der Waals surface area contributed by atoms with Gasteiger partial charge in [-0.05, 0) is 97.2 Å². The standard InChI is InChI=1S/C37H41ClN2O6.C26H33N3O4.C10H9ClO3.CH4/c1-4-21-40(22-20-27-12-8-6-9-13-27)35(42)19-18-32(37(44)45-3)39-36(43)29(24-28-14-10-7-11-15-28)25-33(41)31-17-16-30(38)26-34(31)46-23-5-2;1-3-17-29(18-16-20-10-6-4-7-11-20)24(30)15-14-23(26(32)33-2)28-25(31)22(27)19-21-12-8-5-9-13-21;1-2-5-14-9-6-7(11)3-4-8(9)10(12)13;/h4-17,26,29,32H,1-2,18-25H2,3H3,(H,39,43);3-13,22-23H,1,14-19,27H2,2H3,(H,28,31);2-4,6H,1,5H2,(H,12,13);1H4/t29-,32-;22-,23+;;/m01../s1. The van der Waals surface area contributed by atoms with Crippen molar-refractivity contribution in [2.75, 3.05) is 53.6 Å². The van der Waals surface area contributed by atoms with Gasteiger partial charge in [0.05, 0.1) is 25.8 Å². The van der Waals surface area contributed by atoms with Gasteiger partial charge in [-0.2, -0.15) is 0 Å². The minimum atomic E-state index is -1.09. The number of halogens is 2. The molecule has 5 N–H and O–H groups in total. The van der Waals surface area contributed by atoms with Gasteiger partial charge in [-0.25, -0.2) is 14.4 Å². The van der Waals surface area contributed by atoms with Crippen LogP contribution in [0.25, 0.3) is 0 Å². The maximum absolute atomic E-state index is 13.8. The number of aromatic carboxylic acids is 1. The quantitative estimate of drug-likeness (QED) is 0.0162. The zero-order valence-corrected chi connectivity index (χ0v) is 54.2. The van der Waals surface area contributed by atoms with Crippen LogP contribution in [0.1, 0.15) is 82.5 Å². The van der Waals surface area contributed by atoms with Gasteiger partial charge in [0.25, 0.3) is 0 Å². The highest BCUT2D eigenvalue weighted by molar-refractivity contribution is 6.31. The van der Waals surface area contributed by atoms with Crippen LogP contribution in [0.5, 0.6) is 11.5 Å². The summed E-state index contributed by atoms with van der Waals surface area (Å²) >= 11 is 11.8. The molecule has 0 bridgehead atoms. The summed E-state index contributed by atoms with van der Waals surface area (Å²) in [4.78, 5) is 105. The number of benzene rings is 6. The molecule has 6 aromatic rings. The minimum absolute atomic E-state index is 0. The van der Waals surface area contributed by atoms with Gasteiger partial charge in [-0.15, -0.1) is 13.2 Å². The van der Waals surface area contributed by atoms with Crippen LogP contribution in [-0.4, -0.2) is 134 Å². The largest absolute Gasteiger partial charge is 0.489 e. The third kappa shape index (κ3) is 28.5. The maximum Gasteiger partial charge on any atom is 0.339 e. The van der Waals surface area contributed by atoms with Crippen molar-refractivity contribution in [1.82, 2.24) is 20.4 Å². The summed E-state index contributed by atoms with van der Waals surface area (Å²) < 4.78 is 20.6. The fraction of sp³-hybridized carbons (Fsp3) is 0.297. The van der Waals surface area contributed by atoms with Gasteiger partial charge in [0, 0.05) is 61.4 Å². The second kappa shape index (κ2) is 44.0. The van der Waals surface area contributed by atoms with Gasteiger partial charge in [0.15, 0.2) is 5.78 Å². The first kappa shape index (κ1) is 78.6. The molecule has 0 aromatic heterocycles. The Kier molecular flexibility index (Phi) is 36.8. The van der Waals surface area contributed by atoms with E-state index in [0.717, 1.165) is 22.3 Å². The lowest BCUT2D eigenvalue weighted by atomic mass is 9.90. The van der Waals surface area contributed by atoms with Crippen LogP contribution < -0.4 is 25.8 Å². The number of ketones is 1. The summed E-state index contributed by atoms with van der Waals surface area (Å²) in [6.45, 7) is 16.8. The van der Waals surface area contributed by atoms with E-state index >= 15 is 0 Å². The Morgan fingerprint density at radius 3 is 1.31 bits per heavy atom. The van der Waals surface area contributed by atoms with Crippen molar-refractivity contribution >= 4 is 70.5 Å². The molecule has 0 radical (unpaired) electrons. The molecular formula is C74H87Cl2N5O13. The van der Waals surface area contributed by atoms with E-state index in [1.54, 1.807) is 46.2 Å². The molecular weight excluding hydrogens is 1240 g/mol. The molecule has 0 aliphatic carbocycles. The molecule has 94 heavy (non-hydrogen) atoms. The normalized spacial score (nSPS) is 11.5. The number of carboxylic acids is 1. The van der Waals surface area contributed by atoms with Crippen molar-refractivity contribution in [3.05, 3.63) is 252 Å². The number of ether oxygens (including phenoxy) is 4. The highest BCUT2D eigenvalue weighted by Gasteiger charge is 2.31. The predicted molar refractivity (Wildman–Crippen MR) is 369 cm³/mol. The van der Waals surface area contributed by atoms with E-state index in [1.165, 1.54) is 38.5 Å². The SMILES string of the molecule is C.C=CCN(CCc1ccccc1)C(=O)CC[C@H](NC(=O)[C@H](N)Cc1ccccc1)C(=O)OC.C=CCOc1cc(Cl)ccc1C(=O)C[C@H](Cc1ccccc1)C(=O)N[C@@H](CCC(=O)N(CC=C)CCc1ccccc1)C(=O)OC.C=CCOc1cc(Cl)ccc1C(=O)O. The molecule has 6 aromatic carbocycles. The van der Waals surface area contributed by atoms with Crippen molar-refractivity contribution in [2.45, 2.75) is 83.3 Å². The van der Waals surface area contributed by atoms with E-state index in [1.807, 2.05) is 121 Å². The van der Waals surface area contributed by atoms with Crippen molar-refractivity contribution in [3.8, 4) is 11.5 Å². The first-order chi connectivity index (χ1) is 44.8. The molecule has 6 rings (SSSR count). The molecule has 0 saturated heterocycles. The zero-order chi connectivity index (χ0) is 67.9. The molecule has 0 heterocycles. The third-order valence-electron chi connectivity index (χ3n) is 14.2. The van der Waals surface area contributed by atoms with Crippen LogP contribution in [0.4, 0.5) is 0 Å². The smallest absolute Gasteiger partial charge is 0.339 e. The summed E-state index contributed by atoms with van der Waals surface area (Å²) in [5.41, 5.74) is 10.4. The first-order valence-electron chi connectivity index (χ1n) is 30.1. The van der Waals surface area contributed by atoms with Crippen molar-refractivity contribution in [2.24, 2.45) is 11.7 Å². The summed E-state index contributed by atoms with van der Waals surface area (Å²) in [5, 5.41) is 15.1. The zero-order valence-electron chi connectivity index (χ0n) is 52.6. The first-order valence-corrected chi connectivity index (χ1v) is 30.9. The van der Waals surface area contributed by atoms with E-state index in [9.17, 15) is 38.4 Å². The maximum atomic E-state index is 13.8. The van der Waals surface area contributed by atoms with E-state index in [2.05, 4.69) is 36.9 Å². The molecule has 0 spiro atoms. The Bertz CT molecular complexity index is 3390. The number of hydrogen-bond acceptors (Lipinski definition) is 13. The number of rotatable bonds is 36. The fourth-order valence-corrected chi connectivity index (χ4v) is 9.68. The number of carbonyl (C=O) groups excluding carboxylic acids is 7. The molecule has 4 amide bonds. The molecule has 18 nitrogen and oxygen atoms in total. The summed E-state index contributed by atoms with van der Waals surface area (Å²) in [6, 6.07) is 44.6. The fourth-order valence-electron chi connectivity index (χ4n) is 9.35. The van der Waals surface area contributed by atoms with Crippen molar-refractivity contribution in [3.63, 3.8) is 0 Å². The molecule has 0 saturated carbocycles. The van der Waals surface area contributed by atoms with Gasteiger partial charge < -0.3 is 50.2 Å². The number of esters is 2. The Balaban J connectivity index is 0.000000416. The average molecular weight is 1330 g/mol. The number of nitrogens with one attached hydrogen (secondary N) is 2. The summed E-state index contributed by atoms with van der Waals surface area (Å²) in [5.74, 6) is -4.20. The van der Waals surface area contributed by atoms with Crippen molar-refractivity contribution < 1.29 is 62.4 Å². The van der Waals surface area contributed by atoms with Gasteiger partial charge in [-0.3, -0.25) is 24.0 Å². The van der Waals surface area contributed by atoms with Crippen LogP contribution >= 0.6 is 23.2 Å². The van der Waals surface area contributed by atoms with E-state index in [4.69, 9.17) is 53.0 Å². The number of carbonyl (C=O) groups is 8. The van der Waals surface area contributed by atoms with E-state index < -0.39 is 53.8 Å². The molecule has 0 aliphatic rings. The van der Waals surface area contributed by atoms with Crippen LogP contribution in [0.2, 0.25) is 10.0 Å². The van der Waals surface area contributed by atoms with Crippen LogP contribution in [-0.2, 0) is 63.9 Å². The number of nitrogens with two attached hydrogens (primary N) is 1. The lowest BCUT2D eigenvalue weighted by molar-refractivity contribution is -0.146. The van der Waals surface area contributed by atoms with Gasteiger partial charge in [0.2, 0.25) is 23.6 Å². The van der Waals surface area contributed by atoms with Gasteiger partial charge >= 0.3 is 17.9 Å². The number of nitrogens with zero attached hydrogens (tertiary/aromatic N) is 2. The Morgan fingerprint density at radius 2 is 0.915 bits per heavy atom. The van der Waals surface area contributed by atoms with E-state index in [0.29, 0.717) is 61.2 Å². The monoisotopic (exact) mass is 1320 g/mol. The Morgan fingerprint density at radius 1 is 0.532 bits per heavy atom. The molecule has 4 atom stereocenters. The topological polar surface area (TPSA) is 250 Å². The van der Waals surface area contributed by atoms with Crippen molar-refractivity contribution in [1.29, 1.82) is 0 Å². The summed E-state index contributed by atoms with van der Waals surface area (Å²) in [6.07, 6.45) is 8.45. The average Bonchev–Trinajstić information content (AvgIpc) is 0.865. The molecule has 20 heteroatoms. The number of carboxylic acid groups (broad SMARTS) is 1. The van der Waals surface area contributed by atoms with Crippen LogP contribution in [0.3, 0.4) is 0 Å². The van der Waals surface area contributed by atoms with Gasteiger partial charge in [-0.1, -0.05) is 189 Å². The number of methoxy groups -OCH3 is 2. The molecule has 500 valence electrons. The highest BCUT2D eigenvalue weighted by atomic mass is 35.5. The van der Waals surface area contributed by atoms with Gasteiger partial charge in [0.1, 0.15) is 42.4 Å². The third-order valence-corrected chi connectivity index (χ3v) is 14.7. The second-order valence-electron chi connectivity index (χ2n) is 21.1. The molecule has 0 aliphatic heterocycles. The van der Waals surface area contributed by atoms with E-state index in [-0.39, 0.29) is 93.6 Å². The van der Waals surface area contributed by atoms with Crippen LogP contribution in [0, 0.1) is 5.92 Å². The summed E-state index contributed by atoms with van der Waals surface area (Å²) in [7, 11) is 2.47. The Labute approximate surface area is 562 Å². The predicted octanol–water partition coefficient (Wildman–Crippen LogP) is 11.5. The lowest BCUT2D eigenvalue weighted by Crippen LogP contribution is -2.50. The Hall–Kier alpha value is -9.62. The lowest BCUT2D eigenvalue weighted by Gasteiger charge is -2.24. The number of hydrogen-bond donors (Lipinski definition) is 4. The minimum Gasteiger partial charge on any atom is -0.489 e. The molecule has 0 unspecified atom stereocenters. The number of Topliss-reactive ketones (excluding diaryl/α,β-unsaturated/α-hetero) is 1.